The van der Waals surface area contributed by atoms with Gasteiger partial charge in [-0.2, -0.15) is 0 Å². The van der Waals surface area contributed by atoms with Crippen LogP contribution in [0.5, 0.6) is 0 Å². The standard InChI is InChI=1S/C13H15N3/c1-8-6-10(3)11(7-9(8)2)12-13(14)16-5-4-15-12/h4-7H,1-3H3,(H2,14,16). The van der Waals surface area contributed by atoms with Gasteiger partial charge in [0.25, 0.3) is 0 Å². The topological polar surface area (TPSA) is 51.8 Å². The Hall–Kier alpha value is -1.90. The van der Waals surface area contributed by atoms with Gasteiger partial charge in [-0.25, -0.2) is 4.98 Å². The molecule has 0 saturated carbocycles. The maximum atomic E-state index is 5.84. The molecule has 82 valence electrons. The van der Waals surface area contributed by atoms with E-state index < -0.39 is 0 Å². The predicted molar refractivity (Wildman–Crippen MR) is 66.1 cm³/mol. The van der Waals surface area contributed by atoms with Crippen molar-refractivity contribution < 1.29 is 0 Å². The van der Waals surface area contributed by atoms with E-state index in [1.165, 1.54) is 16.7 Å². The van der Waals surface area contributed by atoms with Crippen molar-refractivity contribution in [3.05, 3.63) is 41.2 Å². The Morgan fingerprint density at radius 3 is 2.19 bits per heavy atom. The monoisotopic (exact) mass is 213 g/mol. The first-order valence-corrected chi connectivity index (χ1v) is 5.24. The fourth-order valence-corrected chi connectivity index (χ4v) is 1.77. The molecule has 0 amide bonds. The number of hydrogen-bond acceptors (Lipinski definition) is 3. The second-order valence-corrected chi connectivity index (χ2v) is 4.04. The first-order valence-electron chi connectivity index (χ1n) is 5.24. The molecule has 3 heteroatoms. The summed E-state index contributed by atoms with van der Waals surface area (Å²) in [5.41, 5.74) is 11.4. The first kappa shape index (κ1) is 10.6. The van der Waals surface area contributed by atoms with Crippen LogP contribution in [-0.2, 0) is 0 Å². The molecule has 16 heavy (non-hydrogen) atoms. The molecule has 2 N–H and O–H groups in total. The van der Waals surface area contributed by atoms with Gasteiger partial charge in [0.1, 0.15) is 11.5 Å². The molecule has 0 atom stereocenters. The molecule has 0 bridgehead atoms. The van der Waals surface area contributed by atoms with Gasteiger partial charge in [0, 0.05) is 18.0 Å². The van der Waals surface area contributed by atoms with Crippen LogP contribution in [0.2, 0.25) is 0 Å². The predicted octanol–water partition coefficient (Wildman–Crippen LogP) is 2.65. The molecule has 2 aromatic rings. The van der Waals surface area contributed by atoms with Gasteiger partial charge in [-0.15, -0.1) is 0 Å². The van der Waals surface area contributed by atoms with Gasteiger partial charge in [-0.3, -0.25) is 4.98 Å². The van der Waals surface area contributed by atoms with Crippen molar-refractivity contribution in [2.75, 3.05) is 5.73 Å². The van der Waals surface area contributed by atoms with Crippen molar-refractivity contribution in [2.24, 2.45) is 0 Å². The molecular weight excluding hydrogens is 198 g/mol. The molecular formula is C13H15N3. The van der Waals surface area contributed by atoms with E-state index in [4.69, 9.17) is 5.73 Å². The Morgan fingerprint density at radius 1 is 0.875 bits per heavy atom. The lowest BCUT2D eigenvalue weighted by molar-refractivity contribution is 1.20. The molecule has 1 heterocycles. The zero-order chi connectivity index (χ0) is 11.7. The quantitative estimate of drug-likeness (QED) is 0.792. The van der Waals surface area contributed by atoms with Gasteiger partial charge in [-0.05, 0) is 43.5 Å². The van der Waals surface area contributed by atoms with Crippen molar-refractivity contribution in [1.82, 2.24) is 9.97 Å². The molecule has 3 nitrogen and oxygen atoms in total. The van der Waals surface area contributed by atoms with Crippen LogP contribution < -0.4 is 5.73 Å². The molecule has 0 spiro atoms. The highest BCUT2D eigenvalue weighted by Crippen LogP contribution is 2.27. The molecule has 0 saturated heterocycles. The number of aryl methyl sites for hydroxylation is 3. The van der Waals surface area contributed by atoms with E-state index >= 15 is 0 Å². The van der Waals surface area contributed by atoms with E-state index in [0.717, 1.165) is 11.3 Å². The largest absolute Gasteiger partial charge is 0.382 e. The minimum absolute atomic E-state index is 0.480. The SMILES string of the molecule is Cc1cc(C)c(-c2nccnc2N)cc1C. The van der Waals surface area contributed by atoms with Crippen LogP contribution in [0, 0.1) is 20.8 Å². The fourth-order valence-electron chi connectivity index (χ4n) is 1.77. The number of aromatic nitrogens is 2. The highest BCUT2D eigenvalue weighted by molar-refractivity contribution is 5.73. The lowest BCUT2D eigenvalue weighted by atomic mass is 9.98. The van der Waals surface area contributed by atoms with Crippen molar-refractivity contribution in [1.29, 1.82) is 0 Å². The van der Waals surface area contributed by atoms with Gasteiger partial charge in [0.2, 0.25) is 0 Å². The van der Waals surface area contributed by atoms with Crippen molar-refractivity contribution >= 4 is 5.82 Å². The number of hydrogen-bond donors (Lipinski definition) is 1. The van der Waals surface area contributed by atoms with E-state index in [2.05, 4.69) is 42.9 Å². The first-order chi connectivity index (χ1) is 7.59. The summed E-state index contributed by atoms with van der Waals surface area (Å²) in [6.07, 6.45) is 3.27. The molecule has 1 aromatic heterocycles. The fraction of sp³-hybridized carbons (Fsp3) is 0.231. The third-order valence-corrected chi connectivity index (χ3v) is 2.82. The highest BCUT2D eigenvalue weighted by atomic mass is 14.9. The zero-order valence-corrected chi connectivity index (χ0v) is 9.78. The van der Waals surface area contributed by atoms with Crippen molar-refractivity contribution in [3.8, 4) is 11.3 Å². The molecule has 2 rings (SSSR count). The Labute approximate surface area is 95.4 Å². The summed E-state index contributed by atoms with van der Waals surface area (Å²) in [7, 11) is 0. The summed E-state index contributed by atoms with van der Waals surface area (Å²) in [5.74, 6) is 0.480. The summed E-state index contributed by atoms with van der Waals surface area (Å²) in [5, 5.41) is 0. The minimum atomic E-state index is 0.480. The number of rotatable bonds is 1. The van der Waals surface area contributed by atoms with Gasteiger partial charge in [-0.1, -0.05) is 6.07 Å². The highest BCUT2D eigenvalue weighted by Gasteiger charge is 2.09. The van der Waals surface area contributed by atoms with Gasteiger partial charge < -0.3 is 5.73 Å². The molecule has 0 radical (unpaired) electrons. The lowest BCUT2D eigenvalue weighted by Gasteiger charge is -2.10. The zero-order valence-electron chi connectivity index (χ0n) is 9.78. The van der Waals surface area contributed by atoms with E-state index in [0.29, 0.717) is 5.82 Å². The summed E-state index contributed by atoms with van der Waals surface area (Å²) in [4.78, 5) is 8.36. The van der Waals surface area contributed by atoms with Crippen LogP contribution in [0.3, 0.4) is 0 Å². The number of nitrogens with zero attached hydrogens (tertiary/aromatic N) is 2. The molecule has 0 unspecified atom stereocenters. The molecule has 0 aliphatic rings. The Kier molecular flexibility index (Phi) is 2.60. The average molecular weight is 213 g/mol. The Bertz CT molecular complexity index is 533. The number of benzene rings is 1. The second-order valence-electron chi connectivity index (χ2n) is 4.04. The smallest absolute Gasteiger partial charge is 0.149 e. The average Bonchev–Trinajstić information content (AvgIpc) is 2.25. The summed E-state index contributed by atoms with van der Waals surface area (Å²) in [6.45, 7) is 6.26. The second kappa shape index (κ2) is 3.93. The third-order valence-electron chi connectivity index (χ3n) is 2.82. The number of nitrogens with two attached hydrogens (primary N) is 1. The van der Waals surface area contributed by atoms with Crippen LogP contribution in [0.15, 0.2) is 24.5 Å². The van der Waals surface area contributed by atoms with Crippen molar-refractivity contribution in [3.63, 3.8) is 0 Å². The minimum Gasteiger partial charge on any atom is -0.382 e. The van der Waals surface area contributed by atoms with E-state index in [-0.39, 0.29) is 0 Å². The van der Waals surface area contributed by atoms with Crippen LogP contribution in [0.4, 0.5) is 5.82 Å². The number of nitrogen functional groups attached to an aromatic ring is 1. The van der Waals surface area contributed by atoms with Crippen LogP contribution in [0.25, 0.3) is 11.3 Å². The molecule has 0 aliphatic heterocycles. The van der Waals surface area contributed by atoms with E-state index in [1.54, 1.807) is 12.4 Å². The van der Waals surface area contributed by atoms with Crippen molar-refractivity contribution in [2.45, 2.75) is 20.8 Å². The van der Waals surface area contributed by atoms with Gasteiger partial charge in [0.15, 0.2) is 0 Å². The van der Waals surface area contributed by atoms with E-state index in [1.807, 2.05) is 0 Å². The van der Waals surface area contributed by atoms with Crippen LogP contribution >= 0.6 is 0 Å². The summed E-state index contributed by atoms with van der Waals surface area (Å²) >= 11 is 0. The molecule has 0 aliphatic carbocycles. The Balaban J connectivity index is 2.65. The summed E-state index contributed by atoms with van der Waals surface area (Å²) < 4.78 is 0. The normalized spacial score (nSPS) is 10.4. The molecule has 0 fully saturated rings. The van der Waals surface area contributed by atoms with Crippen LogP contribution in [0.1, 0.15) is 16.7 Å². The summed E-state index contributed by atoms with van der Waals surface area (Å²) in [6, 6.07) is 4.27. The Morgan fingerprint density at radius 2 is 1.50 bits per heavy atom. The lowest BCUT2D eigenvalue weighted by Crippen LogP contribution is -1.98. The number of anilines is 1. The van der Waals surface area contributed by atoms with Gasteiger partial charge >= 0.3 is 0 Å². The van der Waals surface area contributed by atoms with Gasteiger partial charge in [0.05, 0.1) is 0 Å². The van der Waals surface area contributed by atoms with E-state index in [9.17, 15) is 0 Å². The maximum absolute atomic E-state index is 5.84. The molecule has 1 aromatic carbocycles. The maximum Gasteiger partial charge on any atom is 0.149 e. The third kappa shape index (κ3) is 1.76. The van der Waals surface area contributed by atoms with Crippen LogP contribution in [-0.4, -0.2) is 9.97 Å².